The molecule has 15 radical (unpaired) electrons. The summed E-state index contributed by atoms with van der Waals surface area (Å²) in [5, 5.41) is 33.7. The Bertz CT molecular complexity index is 3420. The fraction of sp³-hybridized carbons (Fsp3) is 0.468. The number of nitrogens with one attached hydrogen (secondary N) is 1. The van der Waals surface area contributed by atoms with Gasteiger partial charge in [-0.3, -0.25) is 13.9 Å². The van der Waals surface area contributed by atoms with Crippen LogP contribution in [-0.4, -0.2) is 140 Å². The maximum atomic E-state index is 12.6. The summed E-state index contributed by atoms with van der Waals surface area (Å²) in [4.78, 5) is 67.5. The van der Waals surface area contributed by atoms with E-state index in [4.69, 9.17) is 64.3 Å². The van der Waals surface area contributed by atoms with Crippen LogP contribution >= 0.6 is 47.2 Å². The van der Waals surface area contributed by atoms with Crippen LogP contribution in [0.1, 0.15) is 165 Å². The fourth-order valence-corrected chi connectivity index (χ4v) is 10.1. The number of benzene rings is 3. The Morgan fingerprint density at radius 2 is 0.894 bits per heavy atom. The van der Waals surface area contributed by atoms with E-state index in [1.54, 1.807) is 68.7 Å². The van der Waals surface area contributed by atoms with Gasteiger partial charge in [0.1, 0.15) is 29.7 Å². The summed E-state index contributed by atoms with van der Waals surface area (Å²) < 4.78 is 24.6. The van der Waals surface area contributed by atoms with Crippen molar-refractivity contribution >= 4 is 77.2 Å². The van der Waals surface area contributed by atoms with Crippen molar-refractivity contribution in [2.75, 3.05) is 39.3 Å². The third-order valence-corrected chi connectivity index (χ3v) is 14.7. The maximum Gasteiger partial charge on any atom is 0.410 e. The number of carbonyl (C=O) groups is 4. The van der Waals surface area contributed by atoms with Gasteiger partial charge in [0.2, 0.25) is 11.8 Å². The molecule has 3 saturated heterocycles. The zero-order valence-corrected chi connectivity index (χ0v) is 82.8. The van der Waals surface area contributed by atoms with Crippen LogP contribution in [0.3, 0.4) is 0 Å². The average molecular weight is 2070 g/mol. The molecule has 3 aromatic carbocycles. The second-order valence-electron chi connectivity index (χ2n) is 24.3. The Labute approximate surface area is 810 Å². The van der Waals surface area contributed by atoms with Crippen LogP contribution in [0, 0.1) is 11.8 Å². The van der Waals surface area contributed by atoms with Crippen molar-refractivity contribution in [3.63, 3.8) is 0 Å². The van der Waals surface area contributed by atoms with E-state index in [1.807, 2.05) is 97.0 Å². The molecule has 557 valence electrons. The first kappa shape index (κ1) is 129. The van der Waals surface area contributed by atoms with Crippen molar-refractivity contribution in [1.29, 1.82) is 0 Å². The van der Waals surface area contributed by atoms with Gasteiger partial charge in [-0.1, -0.05) is 128 Å². The topological polar surface area (TPSA) is 298 Å². The van der Waals surface area contributed by atoms with Crippen molar-refractivity contribution < 1.29 is 326 Å². The van der Waals surface area contributed by atoms with Crippen molar-refractivity contribution in [2.24, 2.45) is 22.7 Å². The van der Waals surface area contributed by atoms with E-state index in [1.165, 1.54) is 32.3 Å². The van der Waals surface area contributed by atoms with Gasteiger partial charge in [-0.2, -0.15) is 9.97 Å². The minimum atomic E-state index is -0.920. The molecule has 3 aliphatic heterocycles. The minimum Gasteiger partial charge on any atom is -0.481 e. The fourth-order valence-electron chi connectivity index (χ4n) is 9.49. The number of hydrogen-bond donors (Lipinski definition) is 4. The number of nitrogens with two attached hydrogens (primary N) is 1. The van der Waals surface area contributed by atoms with E-state index < -0.39 is 29.2 Å². The first-order chi connectivity index (χ1) is 41.5. The van der Waals surface area contributed by atoms with Crippen LogP contribution in [0.25, 0.3) is 0 Å². The Kier molecular flexibility index (Phi) is 77.4. The molecule has 3 fully saturated rings. The number of aromatic nitrogens is 8. The molecule has 6 atom stereocenters. The number of aliphatic carboxylic acids is 1. The molecule has 7 heterocycles. The van der Waals surface area contributed by atoms with Crippen LogP contribution in [0.5, 0.6) is 0 Å². The molecule has 104 heavy (non-hydrogen) atoms. The molecule has 7 aromatic rings. The zero-order chi connectivity index (χ0) is 64.6. The van der Waals surface area contributed by atoms with Crippen LogP contribution in [0.15, 0.2) is 124 Å². The second-order valence-corrected chi connectivity index (χ2v) is 25.6. The number of ether oxygens (including phenoxy) is 2. The molecule has 5 N–H and O–H groups in total. The number of amidine groups is 1. The van der Waals surface area contributed by atoms with E-state index in [0.29, 0.717) is 47.3 Å². The number of carboxylic acids is 1. The van der Waals surface area contributed by atoms with Gasteiger partial charge < -0.3 is 49.7 Å². The zero-order valence-electron chi connectivity index (χ0n) is 58.7. The van der Waals surface area contributed by atoms with E-state index in [2.05, 4.69) is 60.6 Å². The summed E-state index contributed by atoms with van der Waals surface area (Å²) in [6.07, 6.45) is 8.35. The number of halogens is 4. The number of oxime groups is 1. The first-order valence-corrected chi connectivity index (χ1v) is 30.0. The van der Waals surface area contributed by atoms with Gasteiger partial charge in [0.25, 0.3) is 0 Å². The molecule has 4 aromatic heterocycles. The van der Waals surface area contributed by atoms with E-state index in [9.17, 15) is 24.3 Å². The Balaban J connectivity index is -0.000000116. The largest absolute Gasteiger partial charge is 0.481 e. The maximum absolute atomic E-state index is 12.6. The average Bonchev–Trinajstić information content (AvgIpc) is 1.66. The van der Waals surface area contributed by atoms with E-state index in [0.717, 1.165) is 41.0 Å². The summed E-state index contributed by atoms with van der Waals surface area (Å²) in [5.74, 6) is 2.19. The van der Waals surface area contributed by atoms with Crippen molar-refractivity contribution in [3.8, 4) is 0 Å². The van der Waals surface area contributed by atoms with Gasteiger partial charge in [0, 0.05) is 393 Å². The molecule has 10 rings (SSSR count). The molecule has 6 unspecified atom stereocenters. The molecular formula is C62H81Cl4N13O10V15. The summed E-state index contributed by atoms with van der Waals surface area (Å²) in [6.45, 7) is 26.0. The molecule has 0 bridgehead atoms. The summed E-state index contributed by atoms with van der Waals surface area (Å²) >= 11 is 18.3. The van der Waals surface area contributed by atoms with Gasteiger partial charge in [0.15, 0.2) is 11.6 Å². The third-order valence-electron chi connectivity index (χ3n) is 14.0. The SMILES string of the molecule is CC(C)(C)OC(=O)N1CC(C(=O)O)C(c2cccc(Cl)c2)C1.CC(C)/C(N)=N/O.CC(C)c1noc(C2CN(C(=O)OC(C)(C)C)CC2c2cccc(Cl)c2)n1.CC(C)c1noc(C2CNCC2c2cccc(Cl)c2)n1.Cl.O=C(n1ccnc1)n1ccnc1.[V].[V].[V].[V].[V].[V].[V].[V].[V].[V].[V].[V].[V].[V].[V]. The van der Waals surface area contributed by atoms with Gasteiger partial charge in [0.05, 0.1) is 17.8 Å². The van der Waals surface area contributed by atoms with E-state index >= 15 is 0 Å². The standard InChI is InChI=1S/C20H26ClN3O3.C16H20ClNO4.C15H18ClN3O.C7H6N4O.C4H10N2O.ClH.15V/c1-12(2)17-22-18(27-23-17)16-11-24(19(25)26-20(3,4)5)10-15(16)13-7-6-8-14(21)9-13;1-16(2,3)22-15(21)18-8-12(13(9-18)14(19)20)10-5-4-6-11(17)7-10;1-9(2)14-18-15(20-19-14)13-8-17-7-12(13)10-4-3-5-11(16)6-10;12-7(10-3-1-8-5-10)11-4-2-9-6-11;1-3(2)4(5)6-7;;;;;;;;;;;;;;;;/h6-9,12,15-16H,10-11H2,1-5H3;4-7,12-13H,8-9H2,1-3H3,(H,19,20);3-6,9,12-13,17H,7-8H2,1-2H3;1-6H;3,7H,1-2H3,(H2,5,6);1H;;;;;;;;;;;;;;;. The van der Waals surface area contributed by atoms with Crippen LogP contribution in [0.4, 0.5) is 14.4 Å². The molecule has 0 aliphatic carbocycles. The molecule has 42 heteroatoms. The van der Waals surface area contributed by atoms with Gasteiger partial charge in [-0.05, 0) is 94.6 Å². The minimum absolute atomic E-state index is 0. The number of rotatable bonds is 9. The number of nitrogens with zero attached hydrogens (tertiary/aromatic N) is 11. The van der Waals surface area contributed by atoms with E-state index in [-0.39, 0.29) is 357 Å². The van der Waals surface area contributed by atoms with Gasteiger partial charge in [-0.15, -0.1) is 12.4 Å². The van der Waals surface area contributed by atoms with Crippen LogP contribution in [0.2, 0.25) is 15.1 Å². The summed E-state index contributed by atoms with van der Waals surface area (Å²) in [6, 6.07) is 22.6. The Morgan fingerprint density at radius 3 is 1.21 bits per heavy atom. The van der Waals surface area contributed by atoms with Crippen LogP contribution < -0.4 is 11.1 Å². The normalized spacial score (nSPS) is 16.2. The Hall–Kier alpha value is 1.20. The smallest absolute Gasteiger partial charge is 0.410 e. The monoisotopic (exact) mass is 2070 g/mol. The predicted octanol–water partition coefficient (Wildman–Crippen LogP) is 13.0. The second kappa shape index (κ2) is 62.5. The number of hydrogen-bond acceptors (Lipinski definition) is 17. The molecule has 0 spiro atoms. The molecular weight excluding hydrogens is 1990 g/mol. The van der Waals surface area contributed by atoms with Gasteiger partial charge in [-0.25, -0.2) is 24.4 Å². The quantitative estimate of drug-likeness (QED) is 0.0452. The summed E-state index contributed by atoms with van der Waals surface area (Å²) in [7, 11) is 0. The first-order valence-electron chi connectivity index (χ1n) is 28.8. The van der Waals surface area contributed by atoms with Crippen molar-refractivity contribution in [1.82, 2.24) is 54.5 Å². The third kappa shape index (κ3) is 41.5. The number of amides is 2. The number of carboxylic acid groups (broad SMARTS) is 1. The Morgan fingerprint density at radius 1 is 0.548 bits per heavy atom. The van der Waals surface area contributed by atoms with Crippen molar-refractivity contribution in [2.45, 2.75) is 136 Å². The molecule has 3 aliphatic rings. The van der Waals surface area contributed by atoms with Crippen molar-refractivity contribution in [3.05, 3.63) is 165 Å². The number of imidazole rings is 2. The van der Waals surface area contributed by atoms with Gasteiger partial charge >= 0.3 is 24.2 Å². The predicted molar refractivity (Wildman–Crippen MR) is 341 cm³/mol. The number of carbonyl (C=O) groups excluding carboxylic acids is 3. The molecule has 0 saturated carbocycles. The number of likely N-dealkylation sites (tertiary alicyclic amines) is 2. The molecule has 2 amide bonds. The summed E-state index contributed by atoms with van der Waals surface area (Å²) in [5.41, 5.74) is 7.05. The molecule has 23 nitrogen and oxygen atoms in total. The van der Waals surface area contributed by atoms with Crippen LogP contribution in [-0.2, 0) is 293 Å².